The Labute approximate surface area is 79.4 Å². The summed E-state index contributed by atoms with van der Waals surface area (Å²) in [4.78, 5) is 4.18. The molecule has 0 aliphatic heterocycles. The highest BCUT2D eigenvalue weighted by atomic mass is 16.3. The van der Waals surface area contributed by atoms with E-state index in [-0.39, 0.29) is 6.10 Å². The molecule has 0 fully saturated rings. The molecule has 0 aliphatic rings. The number of hydrogen-bond acceptors (Lipinski definition) is 2. The van der Waals surface area contributed by atoms with Crippen molar-refractivity contribution in [2.45, 2.75) is 40.3 Å². The lowest BCUT2D eigenvalue weighted by Crippen LogP contribution is -2.21. The van der Waals surface area contributed by atoms with Crippen LogP contribution in [0.1, 0.15) is 25.2 Å². The minimum absolute atomic E-state index is 0.285. The maximum absolute atomic E-state index is 9.66. The smallest absolute Gasteiger partial charge is 0.0952 e. The number of aliphatic hydroxyl groups excluding tert-OH is 1. The van der Waals surface area contributed by atoms with Crippen LogP contribution in [0, 0.1) is 19.8 Å². The summed E-state index contributed by atoms with van der Waals surface area (Å²) in [5.74, 6) is 0.294. The zero-order valence-corrected chi connectivity index (χ0v) is 8.78. The van der Waals surface area contributed by atoms with Gasteiger partial charge in [-0.25, -0.2) is 4.98 Å². The van der Waals surface area contributed by atoms with E-state index in [4.69, 9.17) is 0 Å². The second-order valence-corrected chi connectivity index (χ2v) is 3.88. The molecular weight excluding hydrogens is 164 g/mol. The maximum atomic E-state index is 9.66. The van der Waals surface area contributed by atoms with E-state index in [1.165, 1.54) is 0 Å². The molecule has 1 rings (SSSR count). The maximum Gasteiger partial charge on any atom is 0.0952 e. The van der Waals surface area contributed by atoms with Crippen LogP contribution in [0.4, 0.5) is 0 Å². The number of aliphatic hydroxyl groups is 1. The molecule has 0 amide bonds. The van der Waals surface area contributed by atoms with E-state index in [1.807, 2.05) is 32.3 Å². The summed E-state index contributed by atoms with van der Waals surface area (Å²) >= 11 is 0. The van der Waals surface area contributed by atoms with E-state index in [0.717, 1.165) is 11.4 Å². The van der Waals surface area contributed by atoms with E-state index in [2.05, 4.69) is 4.98 Å². The van der Waals surface area contributed by atoms with Gasteiger partial charge in [-0.2, -0.15) is 0 Å². The Morgan fingerprint density at radius 2 is 2.08 bits per heavy atom. The monoisotopic (exact) mass is 182 g/mol. The standard InChI is InChI=1S/C10H18N2O/c1-7(2)10(13)5-12-6-11-8(3)9(12)4/h6-7,10,13H,5H2,1-4H3. The first kappa shape index (κ1) is 10.3. The highest BCUT2D eigenvalue weighted by Gasteiger charge is 2.11. The van der Waals surface area contributed by atoms with Crippen molar-refractivity contribution in [3.05, 3.63) is 17.7 Å². The Balaban J connectivity index is 2.69. The molecule has 1 aromatic heterocycles. The third-order valence-corrected chi connectivity index (χ3v) is 2.50. The van der Waals surface area contributed by atoms with Crippen molar-refractivity contribution in [1.29, 1.82) is 0 Å². The van der Waals surface area contributed by atoms with E-state index in [0.29, 0.717) is 12.5 Å². The van der Waals surface area contributed by atoms with E-state index in [1.54, 1.807) is 6.33 Å². The SMILES string of the molecule is Cc1ncn(CC(O)C(C)C)c1C. The van der Waals surface area contributed by atoms with Gasteiger partial charge in [0, 0.05) is 12.2 Å². The minimum Gasteiger partial charge on any atom is -0.391 e. The van der Waals surface area contributed by atoms with Gasteiger partial charge in [-0.15, -0.1) is 0 Å². The third-order valence-electron chi connectivity index (χ3n) is 2.50. The van der Waals surface area contributed by atoms with Crippen LogP contribution in [0.2, 0.25) is 0 Å². The Morgan fingerprint density at radius 1 is 1.46 bits per heavy atom. The van der Waals surface area contributed by atoms with E-state index >= 15 is 0 Å². The Morgan fingerprint density at radius 3 is 2.46 bits per heavy atom. The van der Waals surface area contributed by atoms with Crippen molar-refractivity contribution in [1.82, 2.24) is 9.55 Å². The fraction of sp³-hybridized carbons (Fsp3) is 0.700. The van der Waals surface area contributed by atoms with Gasteiger partial charge < -0.3 is 9.67 Å². The second-order valence-electron chi connectivity index (χ2n) is 3.88. The van der Waals surface area contributed by atoms with Crippen LogP contribution in [-0.2, 0) is 6.54 Å². The molecule has 1 N–H and O–H groups in total. The first-order valence-electron chi connectivity index (χ1n) is 4.68. The molecule has 3 heteroatoms. The fourth-order valence-electron chi connectivity index (χ4n) is 1.14. The number of aryl methyl sites for hydroxylation is 1. The molecule has 1 aromatic rings. The first-order valence-corrected chi connectivity index (χ1v) is 4.68. The molecule has 0 bridgehead atoms. The zero-order valence-electron chi connectivity index (χ0n) is 8.78. The highest BCUT2D eigenvalue weighted by Crippen LogP contribution is 2.09. The topological polar surface area (TPSA) is 38.0 Å². The molecule has 0 spiro atoms. The van der Waals surface area contributed by atoms with Gasteiger partial charge in [0.2, 0.25) is 0 Å². The van der Waals surface area contributed by atoms with Crippen molar-refractivity contribution in [3.8, 4) is 0 Å². The largest absolute Gasteiger partial charge is 0.391 e. The Hall–Kier alpha value is -0.830. The Bertz CT molecular complexity index is 278. The molecular formula is C10H18N2O. The molecule has 1 unspecified atom stereocenters. The van der Waals surface area contributed by atoms with Gasteiger partial charge >= 0.3 is 0 Å². The number of rotatable bonds is 3. The van der Waals surface area contributed by atoms with Gasteiger partial charge in [0.1, 0.15) is 0 Å². The third kappa shape index (κ3) is 2.31. The lowest BCUT2D eigenvalue weighted by molar-refractivity contribution is 0.106. The molecule has 3 nitrogen and oxygen atoms in total. The second kappa shape index (κ2) is 3.92. The van der Waals surface area contributed by atoms with Crippen LogP contribution in [0.3, 0.4) is 0 Å². The number of nitrogens with zero attached hydrogens (tertiary/aromatic N) is 2. The minimum atomic E-state index is -0.285. The molecule has 0 saturated carbocycles. The predicted molar refractivity (Wildman–Crippen MR) is 52.5 cm³/mol. The summed E-state index contributed by atoms with van der Waals surface area (Å²) in [5.41, 5.74) is 2.18. The van der Waals surface area contributed by atoms with Crippen molar-refractivity contribution >= 4 is 0 Å². The number of imidazole rings is 1. The number of aromatic nitrogens is 2. The molecule has 0 aliphatic carbocycles. The molecule has 0 radical (unpaired) electrons. The van der Waals surface area contributed by atoms with Gasteiger partial charge in [-0.05, 0) is 19.8 Å². The number of hydrogen-bond donors (Lipinski definition) is 1. The molecule has 1 heterocycles. The van der Waals surface area contributed by atoms with Gasteiger partial charge in [0.25, 0.3) is 0 Å². The average Bonchev–Trinajstić information content (AvgIpc) is 2.36. The fourth-order valence-corrected chi connectivity index (χ4v) is 1.14. The van der Waals surface area contributed by atoms with Gasteiger partial charge in [-0.1, -0.05) is 13.8 Å². The van der Waals surface area contributed by atoms with Crippen LogP contribution in [0.25, 0.3) is 0 Å². The van der Waals surface area contributed by atoms with Crippen molar-refractivity contribution in [2.75, 3.05) is 0 Å². The molecule has 0 saturated heterocycles. The quantitative estimate of drug-likeness (QED) is 0.769. The molecule has 1 atom stereocenters. The van der Waals surface area contributed by atoms with Gasteiger partial charge in [0.05, 0.1) is 18.1 Å². The lowest BCUT2D eigenvalue weighted by Gasteiger charge is -2.15. The first-order chi connectivity index (χ1) is 6.02. The van der Waals surface area contributed by atoms with E-state index < -0.39 is 0 Å². The Kier molecular flexibility index (Phi) is 3.09. The van der Waals surface area contributed by atoms with Gasteiger partial charge in [0.15, 0.2) is 0 Å². The normalized spacial score (nSPS) is 13.7. The summed E-state index contributed by atoms with van der Waals surface area (Å²) in [7, 11) is 0. The van der Waals surface area contributed by atoms with E-state index in [9.17, 15) is 5.11 Å². The van der Waals surface area contributed by atoms with Crippen molar-refractivity contribution < 1.29 is 5.11 Å². The average molecular weight is 182 g/mol. The molecule has 74 valence electrons. The highest BCUT2D eigenvalue weighted by molar-refractivity contribution is 5.08. The zero-order chi connectivity index (χ0) is 10.0. The van der Waals surface area contributed by atoms with Crippen LogP contribution >= 0.6 is 0 Å². The van der Waals surface area contributed by atoms with Crippen LogP contribution in [0.15, 0.2) is 6.33 Å². The summed E-state index contributed by atoms with van der Waals surface area (Å²) in [6.07, 6.45) is 1.50. The summed E-state index contributed by atoms with van der Waals surface area (Å²) in [6.45, 7) is 8.68. The van der Waals surface area contributed by atoms with Crippen LogP contribution < -0.4 is 0 Å². The van der Waals surface area contributed by atoms with Crippen LogP contribution in [-0.4, -0.2) is 20.8 Å². The summed E-state index contributed by atoms with van der Waals surface area (Å²) in [5, 5.41) is 9.66. The predicted octanol–water partition coefficient (Wildman–Crippen LogP) is 1.52. The van der Waals surface area contributed by atoms with Crippen molar-refractivity contribution in [2.24, 2.45) is 5.92 Å². The lowest BCUT2D eigenvalue weighted by atomic mass is 10.1. The molecule has 0 aromatic carbocycles. The summed E-state index contributed by atoms with van der Waals surface area (Å²) < 4.78 is 2.00. The van der Waals surface area contributed by atoms with Crippen molar-refractivity contribution in [3.63, 3.8) is 0 Å². The van der Waals surface area contributed by atoms with Gasteiger partial charge in [-0.3, -0.25) is 0 Å². The molecule has 13 heavy (non-hydrogen) atoms. The summed E-state index contributed by atoms with van der Waals surface area (Å²) in [6, 6.07) is 0. The van der Waals surface area contributed by atoms with Crippen LogP contribution in [0.5, 0.6) is 0 Å².